The van der Waals surface area contributed by atoms with Crippen molar-refractivity contribution in [3.8, 4) is 0 Å². The summed E-state index contributed by atoms with van der Waals surface area (Å²) in [5, 5.41) is 0. The summed E-state index contributed by atoms with van der Waals surface area (Å²) in [6, 6.07) is 0. The van der Waals surface area contributed by atoms with E-state index in [1.165, 1.54) is 42.6 Å². The average Bonchev–Trinajstić information content (AvgIpc) is 2.53. The smallest absolute Gasteiger partial charge is 0.124 e. The zero-order valence-electron chi connectivity index (χ0n) is 16.6. The van der Waals surface area contributed by atoms with Gasteiger partial charge in [0.25, 0.3) is 0 Å². The van der Waals surface area contributed by atoms with Crippen LogP contribution in [0.3, 0.4) is 0 Å². The van der Waals surface area contributed by atoms with Crippen molar-refractivity contribution < 1.29 is 4.39 Å². The van der Waals surface area contributed by atoms with E-state index in [1.54, 1.807) is 12.3 Å². The second-order valence-electron chi connectivity index (χ2n) is 7.49. The molecule has 0 aromatic carbocycles. The minimum Gasteiger partial charge on any atom is -0.293 e. The molecule has 0 heterocycles. The third-order valence-corrected chi connectivity index (χ3v) is 4.65. The van der Waals surface area contributed by atoms with Gasteiger partial charge in [-0.25, -0.2) is 4.39 Å². The Balaban J connectivity index is 2.63. The van der Waals surface area contributed by atoms with Gasteiger partial charge >= 0.3 is 0 Å². The van der Waals surface area contributed by atoms with Gasteiger partial charge < -0.3 is 0 Å². The lowest BCUT2D eigenvalue weighted by atomic mass is 9.72. The average molecular weight is 344 g/mol. The van der Waals surface area contributed by atoms with Gasteiger partial charge in [0.2, 0.25) is 0 Å². The van der Waals surface area contributed by atoms with Crippen LogP contribution < -0.4 is 0 Å². The summed E-state index contributed by atoms with van der Waals surface area (Å²) in [6.07, 6.45) is 18.3. The minimum absolute atomic E-state index is 0.251. The van der Waals surface area contributed by atoms with Gasteiger partial charge in [-0.05, 0) is 62.7 Å². The van der Waals surface area contributed by atoms with Crippen molar-refractivity contribution in [2.24, 2.45) is 10.4 Å². The highest BCUT2D eigenvalue weighted by Gasteiger charge is 2.26. The number of allylic oxidation sites excluding steroid dienone is 10. The van der Waals surface area contributed by atoms with Crippen LogP contribution in [-0.2, 0) is 0 Å². The summed E-state index contributed by atoms with van der Waals surface area (Å²) < 4.78 is 13.6. The number of hydrogen-bond donors (Lipinski definition) is 0. The van der Waals surface area contributed by atoms with Crippen LogP contribution in [0.1, 0.15) is 66.7 Å². The van der Waals surface area contributed by atoms with Crippen LogP contribution in [0.2, 0.25) is 0 Å². The van der Waals surface area contributed by atoms with Gasteiger partial charge in [-0.1, -0.05) is 62.6 Å². The Kier molecular flexibility index (Phi) is 9.41. The van der Waals surface area contributed by atoms with E-state index in [4.69, 9.17) is 0 Å². The molecular weight excluding hydrogens is 309 g/mol. The molecule has 1 rings (SSSR count). The van der Waals surface area contributed by atoms with Gasteiger partial charge in [0.05, 0.1) is 0 Å². The Hall–Kier alpha value is -1.70. The molecular formula is C23H34FN. The van der Waals surface area contributed by atoms with Gasteiger partial charge in [0, 0.05) is 12.8 Å². The Labute approximate surface area is 153 Å². The fraction of sp³-hybridized carbons (Fsp3) is 0.522. The van der Waals surface area contributed by atoms with Crippen LogP contribution in [0.4, 0.5) is 4.39 Å². The summed E-state index contributed by atoms with van der Waals surface area (Å²) in [4.78, 5) is 4.14. The molecule has 0 N–H and O–H groups in total. The van der Waals surface area contributed by atoms with E-state index in [0.717, 1.165) is 25.0 Å². The molecule has 0 saturated carbocycles. The number of halogens is 1. The van der Waals surface area contributed by atoms with Crippen LogP contribution >= 0.6 is 0 Å². The molecule has 1 nitrogen and oxygen atoms in total. The maximum atomic E-state index is 13.6. The van der Waals surface area contributed by atoms with Crippen LogP contribution in [0.5, 0.6) is 0 Å². The normalized spacial score (nSPS) is 19.8. The van der Waals surface area contributed by atoms with Gasteiger partial charge in [-0.2, -0.15) is 0 Å². The van der Waals surface area contributed by atoms with Crippen molar-refractivity contribution >= 4 is 6.21 Å². The molecule has 0 amide bonds. The minimum atomic E-state index is -0.278. The quantitative estimate of drug-likeness (QED) is 0.249. The highest BCUT2D eigenvalue weighted by Crippen LogP contribution is 2.40. The molecule has 138 valence electrons. The number of rotatable bonds is 8. The molecule has 0 aromatic heterocycles. The fourth-order valence-electron chi connectivity index (χ4n) is 3.08. The van der Waals surface area contributed by atoms with Crippen LogP contribution in [-0.4, -0.2) is 12.8 Å². The largest absolute Gasteiger partial charge is 0.293 e. The van der Waals surface area contributed by atoms with Gasteiger partial charge in [-0.15, -0.1) is 0 Å². The second-order valence-corrected chi connectivity index (χ2v) is 7.49. The number of aliphatic imine (C=N–C) groups is 1. The zero-order valence-corrected chi connectivity index (χ0v) is 16.6. The number of nitrogens with zero attached hydrogens (tertiary/aromatic N) is 1. The second kappa shape index (κ2) is 11.0. The Bertz CT molecular complexity index is 598. The summed E-state index contributed by atoms with van der Waals surface area (Å²) >= 11 is 0. The molecule has 1 aliphatic carbocycles. The Morgan fingerprint density at radius 3 is 2.68 bits per heavy atom. The third kappa shape index (κ3) is 8.29. The van der Waals surface area contributed by atoms with Crippen LogP contribution in [0, 0.1) is 5.41 Å². The molecule has 2 heteroatoms. The van der Waals surface area contributed by atoms with Gasteiger partial charge in [-0.3, -0.25) is 4.99 Å². The summed E-state index contributed by atoms with van der Waals surface area (Å²) in [7, 11) is 0. The standard InChI is InChI=1S/C23H34FN/c1-6-7-17-25-18-15-21(24)12-8-10-19(2)13-14-22-20(3)11-9-16-23(22,4)5/h8,10,12-15,18H,6-7,9,11,16-17H2,1-5H3/b12-8+,14-13+,19-10+,21-15-,25-18?. The van der Waals surface area contributed by atoms with Crippen molar-refractivity contribution in [1.82, 2.24) is 0 Å². The molecule has 0 fully saturated rings. The predicted octanol–water partition coefficient (Wildman–Crippen LogP) is 7.30. The zero-order chi connectivity index (χ0) is 18.7. The van der Waals surface area contributed by atoms with Crippen molar-refractivity contribution in [3.05, 3.63) is 59.0 Å². The number of hydrogen-bond acceptors (Lipinski definition) is 1. The van der Waals surface area contributed by atoms with Crippen molar-refractivity contribution in [1.29, 1.82) is 0 Å². The lowest BCUT2D eigenvalue weighted by molar-refractivity contribution is 0.377. The molecule has 25 heavy (non-hydrogen) atoms. The van der Waals surface area contributed by atoms with E-state index in [-0.39, 0.29) is 11.2 Å². The van der Waals surface area contributed by atoms with Crippen LogP contribution in [0.25, 0.3) is 0 Å². The molecule has 0 radical (unpaired) electrons. The van der Waals surface area contributed by atoms with E-state index in [9.17, 15) is 4.39 Å². The highest BCUT2D eigenvalue weighted by molar-refractivity contribution is 5.72. The van der Waals surface area contributed by atoms with E-state index >= 15 is 0 Å². The Morgan fingerprint density at radius 2 is 2.00 bits per heavy atom. The summed E-state index contributed by atoms with van der Waals surface area (Å²) in [5.74, 6) is -0.278. The van der Waals surface area contributed by atoms with E-state index in [0.29, 0.717) is 0 Å². The predicted molar refractivity (Wildman–Crippen MR) is 110 cm³/mol. The van der Waals surface area contributed by atoms with Crippen molar-refractivity contribution in [2.75, 3.05) is 6.54 Å². The fourth-order valence-corrected chi connectivity index (χ4v) is 3.08. The molecule has 0 bridgehead atoms. The SMILES string of the molecule is CCCCN=C/C=C(F)/C=C/C=C(C)/C=C/C1=C(C)CCCC1(C)C. The lowest BCUT2D eigenvalue weighted by Crippen LogP contribution is -2.19. The van der Waals surface area contributed by atoms with Gasteiger partial charge in [0.15, 0.2) is 0 Å². The third-order valence-electron chi connectivity index (χ3n) is 4.65. The lowest BCUT2D eigenvalue weighted by Gasteiger charge is -2.32. The summed E-state index contributed by atoms with van der Waals surface area (Å²) in [5.41, 5.74) is 4.31. The molecule has 0 atom stereocenters. The van der Waals surface area contributed by atoms with E-state index in [1.807, 2.05) is 13.0 Å². The van der Waals surface area contributed by atoms with E-state index in [2.05, 4.69) is 44.8 Å². The monoisotopic (exact) mass is 343 g/mol. The highest BCUT2D eigenvalue weighted by atomic mass is 19.1. The molecule has 0 spiro atoms. The van der Waals surface area contributed by atoms with Gasteiger partial charge in [0.1, 0.15) is 5.83 Å². The molecule has 0 aromatic rings. The van der Waals surface area contributed by atoms with Crippen LogP contribution in [0.15, 0.2) is 64.0 Å². The topological polar surface area (TPSA) is 12.4 Å². The van der Waals surface area contributed by atoms with Crippen molar-refractivity contribution in [2.45, 2.75) is 66.7 Å². The molecule has 0 aliphatic heterocycles. The van der Waals surface area contributed by atoms with Crippen molar-refractivity contribution in [3.63, 3.8) is 0 Å². The Morgan fingerprint density at radius 1 is 1.24 bits per heavy atom. The molecule has 0 unspecified atom stereocenters. The van der Waals surface area contributed by atoms with E-state index < -0.39 is 0 Å². The maximum absolute atomic E-state index is 13.6. The molecule has 1 aliphatic rings. The maximum Gasteiger partial charge on any atom is 0.124 e. The molecule has 0 saturated heterocycles. The first-order valence-corrected chi connectivity index (χ1v) is 9.45. The first-order chi connectivity index (χ1) is 11.9. The summed E-state index contributed by atoms with van der Waals surface area (Å²) in [6.45, 7) is 11.8. The number of unbranched alkanes of at least 4 members (excludes halogenated alkanes) is 1. The first kappa shape index (κ1) is 21.3. The first-order valence-electron chi connectivity index (χ1n) is 9.45.